The number of phosphoric ester groups is 1. The molecule has 2 atom stereocenters. The first-order valence-electron chi connectivity index (χ1n) is 28.4. The van der Waals surface area contributed by atoms with E-state index in [0.717, 1.165) is 32.1 Å². The Balaban J connectivity index is 4.03. The molecular weight excluding hydrogens is 830 g/mol. The van der Waals surface area contributed by atoms with Crippen LogP contribution >= 0.6 is 7.82 Å². The molecule has 0 radical (unpaired) electrons. The fourth-order valence-corrected chi connectivity index (χ4v) is 9.18. The molecule has 8 nitrogen and oxygen atoms in total. The van der Waals surface area contributed by atoms with Gasteiger partial charge in [-0.25, -0.2) is 4.57 Å². The fourth-order valence-electron chi connectivity index (χ4n) is 8.43. The zero-order valence-electron chi connectivity index (χ0n) is 44.3. The summed E-state index contributed by atoms with van der Waals surface area (Å²) in [6.07, 6.45) is 58.4. The number of hydrogen-bond acceptors (Lipinski definition) is 6. The molecule has 0 bridgehead atoms. The quantitative estimate of drug-likeness (QED) is 0.0213. The molecular formula is C56H113NO7P+. The predicted molar refractivity (Wildman–Crippen MR) is 280 cm³/mol. The predicted octanol–water partition coefficient (Wildman–Crippen LogP) is 17.7. The lowest BCUT2D eigenvalue weighted by molar-refractivity contribution is -0.870. The molecule has 0 aromatic rings. The average Bonchev–Trinajstić information content (AvgIpc) is 3.27. The van der Waals surface area contributed by atoms with Gasteiger partial charge in [-0.1, -0.05) is 251 Å². The van der Waals surface area contributed by atoms with E-state index in [2.05, 4.69) is 26.0 Å². The summed E-state index contributed by atoms with van der Waals surface area (Å²) in [5.74, 6) is -0.306. The van der Waals surface area contributed by atoms with E-state index in [0.29, 0.717) is 24.1 Å². The number of rotatable bonds is 54. The zero-order chi connectivity index (χ0) is 47.6. The van der Waals surface area contributed by atoms with Crippen molar-refractivity contribution in [3.63, 3.8) is 0 Å². The molecule has 0 aliphatic heterocycles. The van der Waals surface area contributed by atoms with Crippen molar-refractivity contribution in [1.29, 1.82) is 0 Å². The SMILES string of the molecule is CCCCCCCCC/C=C\CCCCCCCCCCOCC(COP(=O)(O)OCC[N+](C)(C)C)OC(=O)CCCCCCCCCCCCCCCCCCCCCCCCCC. The second kappa shape index (κ2) is 49.7. The Morgan fingerprint density at radius 1 is 0.462 bits per heavy atom. The molecule has 0 aliphatic carbocycles. The minimum atomic E-state index is -4.28. The number of hydrogen-bond donors (Lipinski definition) is 1. The first kappa shape index (κ1) is 64.2. The van der Waals surface area contributed by atoms with Crippen LogP contribution in [0.2, 0.25) is 0 Å². The third-order valence-corrected chi connectivity index (χ3v) is 13.8. The molecule has 0 spiro atoms. The van der Waals surface area contributed by atoms with Crippen molar-refractivity contribution < 1.29 is 37.3 Å². The maximum atomic E-state index is 12.8. The minimum Gasteiger partial charge on any atom is -0.457 e. The van der Waals surface area contributed by atoms with Gasteiger partial charge in [-0.2, -0.15) is 0 Å². The van der Waals surface area contributed by atoms with Crippen LogP contribution in [0, 0.1) is 0 Å². The molecule has 9 heteroatoms. The molecule has 0 aromatic carbocycles. The number of carbonyl (C=O) groups excluding carboxylic acids is 1. The Morgan fingerprint density at radius 2 is 0.800 bits per heavy atom. The van der Waals surface area contributed by atoms with E-state index in [1.165, 1.54) is 231 Å². The maximum Gasteiger partial charge on any atom is 0.472 e. The van der Waals surface area contributed by atoms with E-state index < -0.39 is 13.9 Å². The Bertz CT molecular complexity index is 1050. The Morgan fingerprint density at radius 3 is 1.17 bits per heavy atom. The number of esters is 1. The monoisotopic (exact) mass is 943 g/mol. The molecule has 0 heterocycles. The second-order valence-electron chi connectivity index (χ2n) is 20.7. The number of carbonyl (C=O) groups is 1. The lowest BCUT2D eigenvalue weighted by Crippen LogP contribution is -2.37. The lowest BCUT2D eigenvalue weighted by Gasteiger charge is -2.24. The van der Waals surface area contributed by atoms with Crippen LogP contribution in [0.15, 0.2) is 12.2 Å². The van der Waals surface area contributed by atoms with Crippen LogP contribution in [-0.4, -0.2) is 75.6 Å². The highest BCUT2D eigenvalue weighted by molar-refractivity contribution is 7.47. The van der Waals surface area contributed by atoms with Gasteiger partial charge in [0.15, 0.2) is 0 Å². The average molecular weight is 943 g/mol. The van der Waals surface area contributed by atoms with E-state index in [1.54, 1.807) is 0 Å². The molecule has 2 unspecified atom stereocenters. The topological polar surface area (TPSA) is 91.3 Å². The Labute approximate surface area is 405 Å². The van der Waals surface area contributed by atoms with Gasteiger partial charge in [0, 0.05) is 13.0 Å². The highest BCUT2D eigenvalue weighted by Gasteiger charge is 2.26. The molecule has 65 heavy (non-hydrogen) atoms. The van der Waals surface area contributed by atoms with Crippen LogP contribution in [0.4, 0.5) is 0 Å². The second-order valence-corrected chi connectivity index (χ2v) is 22.1. The van der Waals surface area contributed by atoms with Crippen LogP contribution in [0.5, 0.6) is 0 Å². The van der Waals surface area contributed by atoms with Gasteiger partial charge in [0.05, 0.1) is 34.4 Å². The summed E-state index contributed by atoms with van der Waals surface area (Å²) in [6.45, 7) is 5.69. The minimum absolute atomic E-state index is 0.0918. The highest BCUT2D eigenvalue weighted by Crippen LogP contribution is 2.43. The van der Waals surface area contributed by atoms with Crippen LogP contribution in [0.25, 0.3) is 0 Å². The summed E-state index contributed by atoms with van der Waals surface area (Å²) in [5, 5.41) is 0. The number of ether oxygens (including phenoxy) is 2. The molecule has 0 aliphatic rings. The molecule has 0 saturated carbocycles. The van der Waals surface area contributed by atoms with Crippen molar-refractivity contribution in [3.8, 4) is 0 Å². The van der Waals surface area contributed by atoms with Gasteiger partial charge in [-0.15, -0.1) is 0 Å². The van der Waals surface area contributed by atoms with Crippen molar-refractivity contribution in [3.05, 3.63) is 12.2 Å². The van der Waals surface area contributed by atoms with Crippen LogP contribution in [0.3, 0.4) is 0 Å². The first-order chi connectivity index (χ1) is 31.6. The number of allylic oxidation sites excluding steroid dienone is 2. The van der Waals surface area contributed by atoms with Crippen LogP contribution in [-0.2, 0) is 27.9 Å². The Kier molecular flexibility index (Phi) is 49.1. The zero-order valence-corrected chi connectivity index (χ0v) is 45.2. The largest absolute Gasteiger partial charge is 0.472 e. The van der Waals surface area contributed by atoms with Gasteiger partial charge in [-0.05, 0) is 38.5 Å². The van der Waals surface area contributed by atoms with Gasteiger partial charge in [0.2, 0.25) is 0 Å². The number of nitrogens with zero attached hydrogens (tertiary/aromatic N) is 1. The summed E-state index contributed by atoms with van der Waals surface area (Å²) < 4.78 is 35.2. The van der Waals surface area contributed by atoms with Crippen molar-refractivity contribution in [2.45, 2.75) is 290 Å². The number of unbranched alkanes of at least 4 members (excludes halogenated alkanes) is 38. The van der Waals surface area contributed by atoms with E-state index in [4.69, 9.17) is 18.5 Å². The molecule has 0 fully saturated rings. The van der Waals surface area contributed by atoms with Gasteiger partial charge in [0.1, 0.15) is 19.3 Å². The van der Waals surface area contributed by atoms with Crippen molar-refractivity contribution >= 4 is 13.8 Å². The van der Waals surface area contributed by atoms with Gasteiger partial charge < -0.3 is 18.9 Å². The lowest BCUT2D eigenvalue weighted by atomic mass is 10.0. The van der Waals surface area contributed by atoms with E-state index in [-0.39, 0.29) is 25.8 Å². The fraction of sp³-hybridized carbons (Fsp3) is 0.946. The molecule has 0 rings (SSSR count). The summed E-state index contributed by atoms with van der Waals surface area (Å²) >= 11 is 0. The van der Waals surface area contributed by atoms with Gasteiger partial charge in [0.25, 0.3) is 0 Å². The van der Waals surface area contributed by atoms with Crippen LogP contribution < -0.4 is 0 Å². The Hall–Kier alpha value is -0.760. The van der Waals surface area contributed by atoms with E-state index in [9.17, 15) is 14.3 Å². The highest BCUT2D eigenvalue weighted by atomic mass is 31.2. The van der Waals surface area contributed by atoms with Crippen molar-refractivity contribution in [1.82, 2.24) is 0 Å². The van der Waals surface area contributed by atoms with Gasteiger partial charge >= 0.3 is 13.8 Å². The number of phosphoric acid groups is 1. The normalized spacial score (nSPS) is 13.5. The summed E-state index contributed by atoms with van der Waals surface area (Å²) in [4.78, 5) is 23.1. The van der Waals surface area contributed by atoms with E-state index >= 15 is 0 Å². The van der Waals surface area contributed by atoms with E-state index in [1.807, 2.05) is 21.1 Å². The maximum absolute atomic E-state index is 12.8. The molecule has 1 N–H and O–H groups in total. The third-order valence-electron chi connectivity index (χ3n) is 12.8. The summed E-state index contributed by atoms with van der Waals surface area (Å²) in [6, 6.07) is 0. The molecule has 0 saturated heterocycles. The smallest absolute Gasteiger partial charge is 0.457 e. The van der Waals surface area contributed by atoms with Gasteiger partial charge in [-0.3, -0.25) is 13.8 Å². The molecule has 388 valence electrons. The summed E-state index contributed by atoms with van der Waals surface area (Å²) in [5.41, 5.74) is 0. The number of quaternary nitrogens is 1. The van der Waals surface area contributed by atoms with Crippen LogP contribution in [0.1, 0.15) is 284 Å². The van der Waals surface area contributed by atoms with Crippen molar-refractivity contribution in [2.24, 2.45) is 0 Å². The first-order valence-corrected chi connectivity index (χ1v) is 29.9. The number of likely N-dealkylation sites (N-methyl/N-ethyl adjacent to an activating group) is 1. The third kappa shape index (κ3) is 54.1. The van der Waals surface area contributed by atoms with Crippen molar-refractivity contribution in [2.75, 3.05) is 54.1 Å². The standard InChI is InChI=1S/C56H112NO7P/c1-6-8-10-12-14-16-18-20-22-24-26-27-28-29-30-31-33-35-37-39-41-43-45-47-49-56(58)64-55(54-63-65(59,60)62-52-50-57(3,4)5)53-61-51-48-46-44-42-40-38-36-34-32-25-23-21-19-17-15-13-11-9-7-2/h23,25,55H,6-22,24,26-54H2,1-5H3/p+1/b25-23-. The molecule has 0 amide bonds. The summed E-state index contributed by atoms with van der Waals surface area (Å²) in [7, 11) is 1.68. The molecule has 0 aromatic heterocycles.